The third kappa shape index (κ3) is 3.95. The van der Waals surface area contributed by atoms with Crippen molar-refractivity contribution in [3.63, 3.8) is 0 Å². The molecule has 2 fully saturated rings. The largest absolute Gasteiger partial charge is 0.439 e. The van der Waals surface area contributed by atoms with E-state index in [4.69, 9.17) is 4.74 Å². The van der Waals surface area contributed by atoms with Gasteiger partial charge in [-0.05, 0) is 58.1 Å². The average Bonchev–Trinajstić information content (AvgIpc) is 3.28. The van der Waals surface area contributed by atoms with Crippen LogP contribution in [-0.4, -0.2) is 41.1 Å². The monoisotopic (exact) mass is 502 g/mol. The molecule has 2 aromatic rings. The Bertz CT molecular complexity index is 1020. The van der Waals surface area contributed by atoms with E-state index < -0.39 is 42.7 Å². The average molecular weight is 503 g/mol. The molecule has 1 aromatic carbocycles. The van der Waals surface area contributed by atoms with E-state index in [0.717, 1.165) is 12.1 Å². The molecule has 4 rings (SSSR count). The van der Waals surface area contributed by atoms with Crippen LogP contribution in [0.15, 0.2) is 28.9 Å². The molecule has 3 atom stereocenters. The topological polar surface area (TPSA) is 58.6 Å². The highest BCUT2D eigenvalue weighted by atomic mass is 79.9. The number of carbonyl (C=O) groups is 1. The second-order valence-corrected chi connectivity index (χ2v) is 8.62. The maximum atomic E-state index is 13.3. The number of aromatic nitrogens is 2. The lowest BCUT2D eigenvalue weighted by Gasteiger charge is -2.23. The number of carbonyl (C=O) groups excluding carboxylic acids is 1. The first kappa shape index (κ1) is 21.8. The predicted octanol–water partition coefficient (Wildman–Crippen LogP) is 5.19. The highest BCUT2D eigenvalue weighted by Gasteiger charge is 2.51. The van der Waals surface area contributed by atoms with Gasteiger partial charge in [0.1, 0.15) is 12.8 Å². The Hall–Kier alpha value is -2.43. The molecule has 0 radical (unpaired) electrons. The Kier molecular flexibility index (Phi) is 5.57. The predicted molar refractivity (Wildman–Crippen MR) is 107 cm³/mol. The molecule has 0 saturated carbocycles. The number of amides is 1. The van der Waals surface area contributed by atoms with Crippen molar-refractivity contribution in [2.45, 2.75) is 43.9 Å². The summed E-state index contributed by atoms with van der Waals surface area (Å²) < 4.78 is 59.2. The van der Waals surface area contributed by atoms with Gasteiger partial charge in [0.25, 0.3) is 0 Å². The first-order chi connectivity index (χ1) is 14.6. The number of cyclic esters (lactones) is 1. The number of hydrogen-bond donors (Lipinski definition) is 0. The van der Waals surface area contributed by atoms with E-state index >= 15 is 0 Å². The van der Waals surface area contributed by atoms with Gasteiger partial charge in [-0.15, -0.1) is 0 Å². The number of halogens is 5. The van der Waals surface area contributed by atoms with E-state index in [1.807, 2.05) is 0 Å². The zero-order chi connectivity index (χ0) is 22.5. The summed E-state index contributed by atoms with van der Waals surface area (Å²) in [6, 6.07) is 2.15. The SMILES string of the molecule is CN(C)c1ncc(Br)c([C@@H]2CC[C@H]3[C@@H](c4cc(CF)cc(C(F)(F)F)c4)OC(=O)N23)n1. The number of nitrogens with zero attached hydrogens (tertiary/aromatic N) is 4. The maximum absolute atomic E-state index is 13.3. The minimum Gasteiger partial charge on any atom is -0.439 e. The van der Waals surface area contributed by atoms with Crippen molar-refractivity contribution >= 4 is 28.0 Å². The summed E-state index contributed by atoms with van der Waals surface area (Å²) in [5.41, 5.74) is -0.328. The zero-order valence-electron chi connectivity index (χ0n) is 16.7. The fourth-order valence-electron chi connectivity index (χ4n) is 4.15. The first-order valence-corrected chi connectivity index (χ1v) is 10.3. The van der Waals surface area contributed by atoms with Crippen molar-refractivity contribution in [3.8, 4) is 0 Å². The van der Waals surface area contributed by atoms with Crippen LogP contribution in [0.5, 0.6) is 0 Å². The van der Waals surface area contributed by atoms with Crippen molar-refractivity contribution in [1.82, 2.24) is 14.9 Å². The van der Waals surface area contributed by atoms with Crippen molar-refractivity contribution in [1.29, 1.82) is 0 Å². The fourth-order valence-corrected chi connectivity index (χ4v) is 4.60. The molecule has 11 heteroatoms. The first-order valence-electron chi connectivity index (χ1n) is 9.56. The van der Waals surface area contributed by atoms with Crippen LogP contribution < -0.4 is 4.90 Å². The van der Waals surface area contributed by atoms with Crippen LogP contribution in [0, 0.1) is 0 Å². The van der Waals surface area contributed by atoms with Crippen LogP contribution in [-0.2, 0) is 17.6 Å². The Balaban J connectivity index is 1.69. The summed E-state index contributed by atoms with van der Waals surface area (Å²) in [4.78, 5) is 24.7. The number of fused-ring (bicyclic) bond motifs is 1. The lowest BCUT2D eigenvalue weighted by atomic mass is 9.96. The lowest BCUT2D eigenvalue weighted by Crippen LogP contribution is -2.31. The summed E-state index contributed by atoms with van der Waals surface area (Å²) in [6.07, 6.45) is -3.50. The molecular weight excluding hydrogens is 484 g/mol. The van der Waals surface area contributed by atoms with Crippen molar-refractivity contribution in [2.75, 3.05) is 19.0 Å². The molecule has 0 N–H and O–H groups in total. The van der Waals surface area contributed by atoms with Crippen molar-refractivity contribution < 1.29 is 27.1 Å². The summed E-state index contributed by atoms with van der Waals surface area (Å²) in [5.74, 6) is 0.469. The molecule has 166 valence electrons. The van der Waals surface area contributed by atoms with Gasteiger partial charge in [-0.1, -0.05) is 0 Å². The van der Waals surface area contributed by atoms with Crippen LogP contribution in [0.25, 0.3) is 0 Å². The Morgan fingerprint density at radius 2 is 2.00 bits per heavy atom. The molecule has 0 unspecified atom stereocenters. The number of ether oxygens (including phenoxy) is 1. The standard InChI is InChI=1S/C20H19BrF4N4O2/c1-28(2)18-26-9-13(21)16(27-18)14-3-4-15-17(31-19(30)29(14)15)11-5-10(8-22)6-12(7-11)20(23,24)25/h5-7,9,14-15,17H,3-4,8H2,1-2H3/t14-,15-,17+/m0/s1. The number of hydrogen-bond acceptors (Lipinski definition) is 5. The van der Waals surface area contributed by atoms with Gasteiger partial charge in [-0.25, -0.2) is 19.2 Å². The van der Waals surface area contributed by atoms with Crippen molar-refractivity contribution in [2.24, 2.45) is 0 Å². The van der Waals surface area contributed by atoms with Crippen LogP contribution >= 0.6 is 15.9 Å². The van der Waals surface area contributed by atoms with Gasteiger partial charge in [-0.2, -0.15) is 13.2 Å². The van der Waals surface area contributed by atoms with Crippen molar-refractivity contribution in [3.05, 3.63) is 51.3 Å². The summed E-state index contributed by atoms with van der Waals surface area (Å²) in [7, 11) is 3.58. The molecule has 0 bridgehead atoms. The smallest absolute Gasteiger partial charge is 0.416 e. The number of rotatable bonds is 4. The minimum absolute atomic E-state index is 0.108. The summed E-state index contributed by atoms with van der Waals surface area (Å²) >= 11 is 3.43. The summed E-state index contributed by atoms with van der Waals surface area (Å²) in [6.45, 7) is -1.05. The fraction of sp³-hybridized carbons (Fsp3) is 0.450. The minimum atomic E-state index is -4.63. The van der Waals surface area contributed by atoms with E-state index in [2.05, 4.69) is 25.9 Å². The van der Waals surface area contributed by atoms with Gasteiger partial charge >= 0.3 is 12.3 Å². The van der Waals surface area contributed by atoms with Gasteiger partial charge in [0.05, 0.1) is 27.8 Å². The van der Waals surface area contributed by atoms with E-state index in [-0.39, 0.29) is 11.1 Å². The van der Waals surface area contributed by atoms with E-state index in [1.165, 1.54) is 11.0 Å². The van der Waals surface area contributed by atoms with Gasteiger partial charge in [0, 0.05) is 20.3 Å². The van der Waals surface area contributed by atoms with Crippen LogP contribution in [0.1, 0.15) is 47.4 Å². The molecule has 1 amide bonds. The molecule has 2 aliphatic rings. The second-order valence-electron chi connectivity index (χ2n) is 7.76. The molecule has 2 saturated heterocycles. The number of anilines is 1. The molecule has 31 heavy (non-hydrogen) atoms. The highest BCUT2D eigenvalue weighted by molar-refractivity contribution is 9.10. The van der Waals surface area contributed by atoms with E-state index in [9.17, 15) is 22.4 Å². The van der Waals surface area contributed by atoms with Gasteiger partial charge in [0.2, 0.25) is 5.95 Å². The van der Waals surface area contributed by atoms with Gasteiger partial charge in [0.15, 0.2) is 0 Å². The van der Waals surface area contributed by atoms with Gasteiger partial charge < -0.3 is 9.64 Å². The lowest BCUT2D eigenvalue weighted by molar-refractivity contribution is -0.137. The zero-order valence-corrected chi connectivity index (χ0v) is 18.2. The Morgan fingerprint density at radius 1 is 1.26 bits per heavy atom. The maximum Gasteiger partial charge on any atom is 0.416 e. The molecule has 1 aromatic heterocycles. The third-order valence-electron chi connectivity index (χ3n) is 5.52. The van der Waals surface area contributed by atoms with Gasteiger partial charge in [-0.3, -0.25) is 4.90 Å². The van der Waals surface area contributed by atoms with E-state index in [0.29, 0.717) is 29.0 Å². The normalized spacial score (nSPS) is 23.1. The molecular formula is C20H19BrF4N4O2. The van der Waals surface area contributed by atoms with Crippen LogP contribution in [0.2, 0.25) is 0 Å². The quantitative estimate of drug-likeness (QED) is 0.538. The molecule has 2 aliphatic heterocycles. The van der Waals surface area contributed by atoms with Crippen LogP contribution in [0.4, 0.5) is 28.3 Å². The molecule has 0 spiro atoms. The molecule has 3 heterocycles. The molecule has 6 nitrogen and oxygen atoms in total. The summed E-state index contributed by atoms with van der Waals surface area (Å²) in [5, 5.41) is 0. The Morgan fingerprint density at radius 3 is 2.65 bits per heavy atom. The third-order valence-corrected chi connectivity index (χ3v) is 6.13. The number of benzene rings is 1. The second kappa shape index (κ2) is 7.92. The number of alkyl halides is 4. The molecule has 0 aliphatic carbocycles. The highest BCUT2D eigenvalue weighted by Crippen LogP contribution is 2.48. The van der Waals surface area contributed by atoms with Crippen LogP contribution in [0.3, 0.4) is 0 Å². The Labute approximate surface area is 184 Å². The van der Waals surface area contributed by atoms with E-state index in [1.54, 1.807) is 25.2 Å².